The number of fused-ring (bicyclic) bond motifs is 1. The smallest absolute Gasteiger partial charge is 0.325 e. The van der Waals surface area contributed by atoms with Crippen molar-refractivity contribution >= 4 is 17.5 Å². The molecule has 0 aromatic heterocycles. The first-order valence-corrected chi connectivity index (χ1v) is 5.67. The number of anilines is 1. The van der Waals surface area contributed by atoms with Gasteiger partial charge in [-0.3, -0.25) is 9.59 Å². The van der Waals surface area contributed by atoms with Gasteiger partial charge in [-0.25, -0.2) is 0 Å². The first-order valence-electron chi connectivity index (χ1n) is 5.67. The Morgan fingerprint density at radius 2 is 2.28 bits per heavy atom. The summed E-state index contributed by atoms with van der Waals surface area (Å²) in [5.74, 6) is -0.520. The molecule has 1 heterocycles. The van der Waals surface area contributed by atoms with Crippen LogP contribution in [-0.2, 0) is 22.6 Å². The third-order valence-electron chi connectivity index (χ3n) is 2.93. The van der Waals surface area contributed by atoms with Crippen LogP contribution < -0.4 is 5.32 Å². The van der Waals surface area contributed by atoms with Gasteiger partial charge in [0.15, 0.2) is 6.07 Å². The maximum absolute atomic E-state index is 11.2. The SMILES string of the molecule is CN(Cc1ccc2c(c1)CCC(=O)N2)C(=O)C#N. The summed E-state index contributed by atoms with van der Waals surface area (Å²) in [7, 11) is 1.59. The quantitative estimate of drug-likeness (QED) is 0.789. The molecule has 1 aliphatic rings. The van der Waals surface area contributed by atoms with Gasteiger partial charge in [-0.05, 0) is 23.6 Å². The molecule has 5 nitrogen and oxygen atoms in total. The molecule has 0 radical (unpaired) electrons. The van der Waals surface area contributed by atoms with Gasteiger partial charge >= 0.3 is 5.91 Å². The van der Waals surface area contributed by atoms with Crippen molar-refractivity contribution < 1.29 is 9.59 Å². The summed E-state index contributed by atoms with van der Waals surface area (Å²) in [6.45, 7) is 0.396. The number of carbonyl (C=O) groups excluding carboxylic acids is 2. The van der Waals surface area contributed by atoms with Gasteiger partial charge in [-0.2, -0.15) is 5.26 Å². The molecule has 0 unspecified atom stereocenters. The molecule has 1 N–H and O–H groups in total. The number of aryl methyl sites for hydroxylation is 1. The Morgan fingerprint density at radius 1 is 1.50 bits per heavy atom. The molecule has 0 saturated carbocycles. The van der Waals surface area contributed by atoms with Crippen LogP contribution in [0.2, 0.25) is 0 Å². The first kappa shape index (κ1) is 12.1. The molecule has 0 aliphatic carbocycles. The number of benzene rings is 1. The maximum atomic E-state index is 11.2. The zero-order valence-electron chi connectivity index (χ0n) is 10.1. The third-order valence-corrected chi connectivity index (χ3v) is 2.93. The van der Waals surface area contributed by atoms with Crippen LogP contribution in [0, 0.1) is 11.3 Å². The lowest BCUT2D eigenvalue weighted by atomic mass is 10.0. The number of hydrogen-bond acceptors (Lipinski definition) is 3. The highest BCUT2D eigenvalue weighted by atomic mass is 16.2. The summed E-state index contributed by atoms with van der Waals surface area (Å²) in [5.41, 5.74) is 2.87. The average molecular weight is 243 g/mol. The van der Waals surface area contributed by atoms with E-state index in [1.807, 2.05) is 18.2 Å². The molecule has 0 fully saturated rings. The monoisotopic (exact) mass is 243 g/mol. The topological polar surface area (TPSA) is 73.2 Å². The van der Waals surface area contributed by atoms with E-state index < -0.39 is 5.91 Å². The second-order valence-electron chi connectivity index (χ2n) is 4.31. The summed E-state index contributed by atoms with van der Waals surface area (Å²) >= 11 is 0. The van der Waals surface area contributed by atoms with Gasteiger partial charge in [0.05, 0.1) is 0 Å². The van der Waals surface area contributed by atoms with Gasteiger partial charge < -0.3 is 10.2 Å². The molecule has 0 atom stereocenters. The van der Waals surface area contributed by atoms with E-state index in [2.05, 4.69) is 5.32 Å². The zero-order valence-corrected chi connectivity index (χ0v) is 10.1. The van der Waals surface area contributed by atoms with Crippen molar-refractivity contribution in [1.82, 2.24) is 4.90 Å². The molecule has 92 valence electrons. The molecule has 0 bridgehead atoms. The fraction of sp³-hybridized carbons (Fsp3) is 0.308. The molecule has 1 aromatic carbocycles. The van der Waals surface area contributed by atoms with Crippen LogP contribution in [0.25, 0.3) is 0 Å². The van der Waals surface area contributed by atoms with Crippen molar-refractivity contribution in [1.29, 1.82) is 5.26 Å². The lowest BCUT2D eigenvalue weighted by Crippen LogP contribution is -2.25. The number of amides is 2. The Bertz CT molecular complexity index is 546. The van der Waals surface area contributed by atoms with Gasteiger partial charge in [0, 0.05) is 25.7 Å². The number of nitrogens with one attached hydrogen (secondary N) is 1. The molecule has 1 aromatic rings. The number of carbonyl (C=O) groups is 2. The Morgan fingerprint density at radius 3 is 3.00 bits per heavy atom. The molecular formula is C13H13N3O2. The second kappa shape index (κ2) is 4.88. The molecular weight excluding hydrogens is 230 g/mol. The molecule has 0 saturated heterocycles. The molecule has 2 amide bonds. The molecule has 5 heteroatoms. The molecule has 18 heavy (non-hydrogen) atoms. The minimum Gasteiger partial charge on any atom is -0.329 e. The summed E-state index contributed by atoms with van der Waals surface area (Å²) in [6, 6.07) is 7.24. The molecule has 2 rings (SSSR count). The largest absolute Gasteiger partial charge is 0.329 e. The highest BCUT2D eigenvalue weighted by molar-refractivity contribution is 5.94. The predicted octanol–water partition coefficient (Wildman–Crippen LogP) is 1.05. The van der Waals surface area contributed by atoms with E-state index in [1.54, 1.807) is 13.1 Å². The summed E-state index contributed by atoms with van der Waals surface area (Å²) in [6.07, 6.45) is 1.20. The van der Waals surface area contributed by atoms with Crippen molar-refractivity contribution in [3.05, 3.63) is 29.3 Å². The van der Waals surface area contributed by atoms with E-state index in [-0.39, 0.29) is 5.91 Å². The minimum atomic E-state index is -0.555. The first-order chi connectivity index (χ1) is 8.60. The summed E-state index contributed by atoms with van der Waals surface area (Å²) < 4.78 is 0. The van der Waals surface area contributed by atoms with Gasteiger partial charge in [0.1, 0.15) is 0 Å². The highest BCUT2D eigenvalue weighted by Crippen LogP contribution is 2.23. The van der Waals surface area contributed by atoms with Crippen molar-refractivity contribution in [3.63, 3.8) is 0 Å². The van der Waals surface area contributed by atoms with E-state index in [4.69, 9.17) is 5.26 Å². The fourth-order valence-corrected chi connectivity index (χ4v) is 1.97. The number of nitriles is 1. The highest BCUT2D eigenvalue weighted by Gasteiger charge is 2.15. The number of hydrogen-bond donors (Lipinski definition) is 1. The molecule has 0 spiro atoms. The summed E-state index contributed by atoms with van der Waals surface area (Å²) in [5, 5.41) is 11.3. The van der Waals surface area contributed by atoms with Crippen molar-refractivity contribution in [2.45, 2.75) is 19.4 Å². The average Bonchev–Trinajstić information content (AvgIpc) is 2.38. The Labute approximate surface area is 105 Å². The van der Waals surface area contributed by atoms with Crippen LogP contribution in [0.15, 0.2) is 18.2 Å². The Balaban J connectivity index is 2.15. The number of rotatable bonds is 2. The van der Waals surface area contributed by atoms with Crippen molar-refractivity contribution in [3.8, 4) is 6.07 Å². The lowest BCUT2D eigenvalue weighted by Gasteiger charge is -2.19. The van der Waals surface area contributed by atoms with Crippen LogP contribution in [0.5, 0.6) is 0 Å². The molecule has 1 aliphatic heterocycles. The van der Waals surface area contributed by atoms with E-state index in [0.717, 1.165) is 16.8 Å². The van der Waals surface area contributed by atoms with Crippen LogP contribution in [0.4, 0.5) is 5.69 Å². The summed E-state index contributed by atoms with van der Waals surface area (Å²) in [4.78, 5) is 23.7. The lowest BCUT2D eigenvalue weighted by molar-refractivity contribution is -0.124. The standard InChI is InChI=1S/C13H13N3O2/c1-16(13(18)7-14)8-9-2-4-11-10(6-9)3-5-12(17)15-11/h2,4,6H,3,5,8H2,1H3,(H,15,17). The van der Waals surface area contributed by atoms with Crippen molar-refractivity contribution in [2.75, 3.05) is 12.4 Å². The number of nitrogens with zero attached hydrogens (tertiary/aromatic N) is 2. The van der Waals surface area contributed by atoms with E-state index in [1.165, 1.54) is 4.90 Å². The van der Waals surface area contributed by atoms with Crippen molar-refractivity contribution in [2.24, 2.45) is 0 Å². The van der Waals surface area contributed by atoms with Gasteiger partial charge in [-0.1, -0.05) is 12.1 Å². The maximum Gasteiger partial charge on any atom is 0.325 e. The van der Waals surface area contributed by atoms with E-state index >= 15 is 0 Å². The fourth-order valence-electron chi connectivity index (χ4n) is 1.97. The van der Waals surface area contributed by atoms with Crippen LogP contribution in [0.1, 0.15) is 17.5 Å². The van der Waals surface area contributed by atoms with Crippen LogP contribution >= 0.6 is 0 Å². The van der Waals surface area contributed by atoms with E-state index in [0.29, 0.717) is 19.4 Å². The predicted molar refractivity (Wildman–Crippen MR) is 65.5 cm³/mol. The minimum absolute atomic E-state index is 0.0343. The van der Waals surface area contributed by atoms with Gasteiger partial charge in [0.25, 0.3) is 0 Å². The van der Waals surface area contributed by atoms with Gasteiger partial charge in [0.2, 0.25) is 5.91 Å². The third kappa shape index (κ3) is 2.48. The Hall–Kier alpha value is -2.35. The van der Waals surface area contributed by atoms with Crippen LogP contribution in [0.3, 0.4) is 0 Å². The second-order valence-corrected chi connectivity index (χ2v) is 4.31. The normalized spacial score (nSPS) is 13.2. The Kier molecular flexibility index (Phi) is 3.28. The van der Waals surface area contributed by atoms with Gasteiger partial charge in [-0.15, -0.1) is 0 Å². The zero-order chi connectivity index (χ0) is 13.1. The van der Waals surface area contributed by atoms with Crippen LogP contribution in [-0.4, -0.2) is 23.8 Å². The van der Waals surface area contributed by atoms with E-state index in [9.17, 15) is 9.59 Å².